The smallest absolute Gasteiger partial charge is 0.0329 e. The van der Waals surface area contributed by atoms with Gasteiger partial charge >= 0.3 is 0 Å². The number of nitrogens with one attached hydrogen (secondary N) is 1. The van der Waals surface area contributed by atoms with Gasteiger partial charge in [-0.15, -0.1) is 0 Å². The summed E-state index contributed by atoms with van der Waals surface area (Å²) >= 11 is 0. The van der Waals surface area contributed by atoms with Gasteiger partial charge in [-0.1, -0.05) is 34.6 Å². The molecular formula is C16H34N2OS. The molecule has 1 heterocycles. The van der Waals surface area contributed by atoms with Crippen LogP contribution in [-0.4, -0.2) is 52.3 Å². The number of hydrogen-bond acceptors (Lipinski definition) is 3. The predicted molar refractivity (Wildman–Crippen MR) is 89.6 cm³/mol. The highest BCUT2D eigenvalue weighted by Gasteiger charge is 2.30. The molecule has 4 atom stereocenters. The molecule has 4 heteroatoms. The third kappa shape index (κ3) is 5.82. The first-order valence-corrected chi connectivity index (χ1v) is 9.73. The summed E-state index contributed by atoms with van der Waals surface area (Å²) in [6.45, 7) is 14.6. The summed E-state index contributed by atoms with van der Waals surface area (Å²) in [5.41, 5.74) is 0. The predicted octanol–water partition coefficient (Wildman–Crippen LogP) is 2.49. The minimum atomic E-state index is -0.697. The van der Waals surface area contributed by atoms with Crippen LogP contribution < -0.4 is 5.32 Å². The summed E-state index contributed by atoms with van der Waals surface area (Å²) < 4.78 is 11.5. The molecular weight excluding hydrogens is 268 g/mol. The first-order valence-electron chi connectivity index (χ1n) is 8.10. The molecule has 1 rings (SSSR count). The molecule has 4 unspecified atom stereocenters. The molecule has 1 fully saturated rings. The van der Waals surface area contributed by atoms with Gasteiger partial charge in [0.25, 0.3) is 0 Å². The quantitative estimate of drug-likeness (QED) is 0.784. The molecule has 1 N–H and O–H groups in total. The molecule has 1 aliphatic rings. The number of rotatable bonds is 7. The molecule has 1 saturated heterocycles. The van der Waals surface area contributed by atoms with E-state index in [2.05, 4.69) is 44.8 Å². The maximum atomic E-state index is 11.5. The zero-order valence-electron chi connectivity index (χ0n) is 14.2. The molecule has 0 aromatic rings. The highest BCUT2D eigenvalue weighted by atomic mass is 32.2. The van der Waals surface area contributed by atoms with E-state index < -0.39 is 10.8 Å². The molecule has 0 radical (unpaired) electrons. The fourth-order valence-corrected chi connectivity index (χ4v) is 3.49. The first-order chi connectivity index (χ1) is 9.31. The van der Waals surface area contributed by atoms with E-state index in [1.165, 1.54) is 6.42 Å². The largest absolute Gasteiger partial charge is 0.311 e. The summed E-state index contributed by atoms with van der Waals surface area (Å²) in [7, 11) is -0.697. The lowest BCUT2D eigenvalue weighted by molar-refractivity contribution is 0.0911. The van der Waals surface area contributed by atoms with Crippen LogP contribution in [0.4, 0.5) is 0 Å². The van der Waals surface area contributed by atoms with Crippen LogP contribution in [0.3, 0.4) is 0 Å². The summed E-state index contributed by atoms with van der Waals surface area (Å²) in [5.74, 6) is 1.41. The third-order valence-electron chi connectivity index (χ3n) is 4.45. The van der Waals surface area contributed by atoms with Crippen molar-refractivity contribution in [1.82, 2.24) is 10.2 Å². The van der Waals surface area contributed by atoms with E-state index in [-0.39, 0.29) is 0 Å². The Morgan fingerprint density at radius 2 is 1.90 bits per heavy atom. The fraction of sp³-hybridized carbons (Fsp3) is 1.00. The van der Waals surface area contributed by atoms with Crippen LogP contribution in [0.25, 0.3) is 0 Å². The van der Waals surface area contributed by atoms with Crippen molar-refractivity contribution in [2.24, 2.45) is 11.8 Å². The summed E-state index contributed by atoms with van der Waals surface area (Å²) in [6, 6.07) is 1.24. The Morgan fingerprint density at radius 3 is 2.40 bits per heavy atom. The lowest BCUT2D eigenvalue weighted by Crippen LogP contribution is -2.58. The van der Waals surface area contributed by atoms with E-state index >= 15 is 0 Å². The standard InChI is InChI=1S/C16H34N2OS/c1-12(2)9-15-11-18(8-7-14(5)20(6)19)16(10-17-15)13(3)4/h12-17H,7-11H2,1-6H3. The van der Waals surface area contributed by atoms with Crippen LogP contribution in [0.2, 0.25) is 0 Å². The number of piperazine rings is 1. The topological polar surface area (TPSA) is 32.3 Å². The Hall–Kier alpha value is 0.0700. The molecule has 120 valence electrons. The monoisotopic (exact) mass is 302 g/mol. The highest BCUT2D eigenvalue weighted by Crippen LogP contribution is 2.19. The summed E-state index contributed by atoms with van der Waals surface area (Å²) in [6.07, 6.45) is 4.11. The van der Waals surface area contributed by atoms with E-state index in [0.29, 0.717) is 23.3 Å². The zero-order chi connectivity index (χ0) is 15.3. The number of nitrogens with zero attached hydrogens (tertiary/aromatic N) is 1. The molecule has 0 aliphatic carbocycles. The van der Waals surface area contributed by atoms with Gasteiger partial charge in [-0.25, -0.2) is 0 Å². The molecule has 3 nitrogen and oxygen atoms in total. The van der Waals surface area contributed by atoms with Crippen LogP contribution in [0.15, 0.2) is 0 Å². The summed E-state index contributed by atoms with van der Waals surface area (Å²) in [4.78, 5) is 2.64. The Kier molecular flexibility index (Phi) is 7.70. The van der Waals surface area contributed by atoms with E-state index in [1.807, 2.05) is 6.26 Å². The number of hydrogen-bond donors (Lipinski definition) is 1. The van der Waals surface area contributed by atoms with Gasteiger partial charge < -0.3 is 5.32 Å². The van der Waals surface area contributed by atoms with Gasteiger partial charge in [0.05, 0.1) is 0 Å². The van der Waals surface area contributed by atoms with Crippen molar-refractivity contribution < 1.29 is 4.21 Å². The normalized spacial score (nSPS) is 28.0. The van der Waals surface area contributed by atoms with Crippen molar-refractivity contribution in [2.75, 3.05) is 25.9 Å². The van der Waals surface area contributed by atoms with Crippen LogP contribution >= 0.6 is 0 Å². The van der Waals surface area contributed by atoms with Gasteiger partial charge in [-0.2, -0.15) is 0 Å². The Balaban J connectivity index is 2.57. The second kappa shape index (κ2) is 8.50. The molecule has 0 spiro atoms. The average Bonchev–Trinajstić information content (AvgIpc) is 2.34. The van der Waals surface area contributed by atoms with Gasteiger partial charge in [-0.05, 0) is 31.2 Å². The maximum Gasteiger partial charge on any atom is 0.0329 e. The zero-order valence-corrected chi connectivity index (χ0v) is 15.0. The van der Waals surface area contributed by atoms with E-state index in [9.17, 15) is 4.21 Å². The average molecular weight is 303 g/mol. The Labute approximate surface area is 128 Å². The van der Waals surface area contributed by atoms with Gasteiger partial charge in [0.1, 0.15) is 0 Å². The van der Waals surface area contributed by atoms with Crippen LogP contribution in [0, 0.1) is 11.8 Å². The SMILES string of the molecule is CC(C)CC1CN(CCC(C)S(C)=O)C(C(C)C)CN1. The van der Waals surface area contributed by atoms with Crippen molar-refractivity contribution in [3.8, 4) is 0 Å². The van der Waals surface area contributed by atoms with Crippen molar-refractivity contribution in [3.63, 3.8) is 0 Å². The van der Waals surface area contributed by atoms with Crippen molar-refractivity contribution in [3.05, 3.63) is 0 Å². The fourth-order valence-electron chi connectivity index (χ4n) is 3.05. The third-order valence-corrected chi connectivity index (χ3v) is 5.82. The van der Waals surface area contributed by atoms with Gasteiger partial charge in [0.2, 0.25) is 0 Å². The lowest BCUT2D eigenvalue weighted by atomic mass is 9.94. The second-order valence-electron chi connectivity index (χ2n) is 7.14. The van der Waals surface area contributed by atoms with E-state index in [4.69, 9.17) is 0 Å². The minimum Gasteiger partial charge on any atom is -0.311 e. The lowest BCUT2D eigenvalue weighted by Gasteiger charge is -2.43. The van der Waals surface area contributed by atoms with Crippen LogP contribution in [0.5, 0.6) is 0 Å². The second-order valence-corrected chi connectivity index (χ2v) is 8.94. The van der Waals surface area contributed by atoms with Crippen LogP contribution in [-0.2, 0) is 10.8 Å². The maximum absolute atomic E-state index is 11.5. The molecule has 0 bridgehead atoms. The first kappa shape index (κ1) is 18.1. The molecule has 20 heavy (non-hydrogen) atoms. The van der Waals surface area contributed by atoms with E-state index in [0.717, 1.165) is 32.0 Å². The Morgan fingerprint density at radius 1 is 1.25 bits per heavy atom. The molecule has 0 amide bonds. The Bertz CT molecular complexity index is 307. The van der Waals surface area contributed by atoms with Crippen molar-refractivity contribution in [2.45, 2.75) is 64.8 Å². The van der Waals surface area contributed by atoms with Gasteiger partial charge in [0, 0.05) is 47.5 Å². The van der Waals surface area contributed by atoms with E-state index in [1.54, 1.807) is 0 Å². The molecule has 0 aromatic heterocycles. The van der Waals surface area contributed by atoms with Crippen LogP contribution in [0.1, 0.15) is 47.5 Å². The molecule has 0 aromatic carbocycles. The molecule has 1 aliphatic heterocycles. The van der Waals surface area contributed by atoms with Crippen molar-refractivity contribution in [1.29, 1.82) is 0 Å². The van der Waals surface area contributed by atoms with Gasteiger partial charge in [0.15, 0.2) is 0 Å². The van der Waals surface area contributed by atoms with Crippen molar-refractivity contribution >= 4 is 10.8 Å². The molecule has 0 saturated carbocycles. The van der Waals surface area contributed by atoms with Gasteiger partial charge in [-0.3, -0.25) is 9.11 Å². The minimum absolute atomic E-state index is 0.307. The summed E-state index contributed by atoms with van der Waals surface area (Å²) in [5, 5.41) is 4.03. The highest BCUT2D eigenvalue weighted by molar-refractivity contribution is 7.84.